The Kier molecular flexibility index (Phi) is 6.52. The molecule has 12 heteroatoms. The number of hydrogen-bond donors (Lipinski definition) is 2. The van der Waals surface area contributed by atoms with Crippen LogP contribution in [0.1, 0.15) is 28.7 Å². The lowest BCUT2D eigenvalue weighted by Crippen LogP contribution is -2.16. The monoisotopic (exact) mass is 540 g/mol. The Hall–Kier alpha value is -3.67. The lowest BCUT2D eigenvalue weighted by molar-refractivity contribution is 0.291. The number of aromatic nitrogens is 4. The quantitative estimate of drug-likeness (QED) is 0.330. The van der Waals surface area contributed by atoms with E-state index in [1.807, 2.05) is 36.0 Å². The van der Waals surface area contributed by atoms with Crippen molar-refractivity contribution in [2.45, 2.75) is 37.8 Å². The number of hydrogen-bond acceptors (Lipinski definition) is 8. The van der Waals surface area contributed by atoms with E-state index in [2.05, 4.69) is 20.0 Å². The van der Waals surface area contributed by atoms with Gasteiger partial charge in [-0.1, -0.05) is 11.2 Å². The number of nitrogens with two attached hydrogens (primary N) is 1. The molecule has 0 atom stereocenters. The number of nitrogens with one attached hydrogen (secondary N) is 1. The van der Waals surface area contributed by atoms with Crippen LogP contribution in [-0.2, 0) is 29.5 Å². The number of aryl methyl sites for hydroxylation is 1. The fourth-order valence-electron chi connectivity index (χ4n) is 4.69. The van der Waals surface area contributed by atoms with E-state index in [-0.39, 0.29) is 23.1 Å². The van der Waals surface area contributed by atoms with Crippen LogP contribution in [0.2, 0.25) is 0 Å². The molecule has 0 amide bonds. The van der Waals surface area contributed by atoms with Crippen LogP contribution in [-0.4, -0.2) is 34.9 Å². The molecule has 3 aromatic heterocycles. The second-order valence-corrected chi connectivity index (χ2v) is 10.5. The van der Waals surface area contributed by atoms with E-state index in [1.54, 1.807) is 24.5 Å². The van der Waals surface area contributed by atoms with E-state index in [0.717, 1.165) is 40.5 Å². The zero-order chi connectivity index (χ0) is 24.9. The molecule has 0 radical (unpaired) electrons. The summed E-state index contributed by atoms with van der Waals surface area (Å²) in [6.45, 7) is 3.29. The van der Waals surface area contributed by atoms with E-state index in [9.17, 15) is 8.42 Å². The highest BCUT2D eigenvalue weighted by atomic mass is 35.5. The van der Waals surface area contributed by atoms with Crippen molar-refractivity contribution in [1.82, 2.24) is 19.9 Å². The Morgan fingerprint density at radius 2 is 2.11 bits per heavy atom. The molecule has 1 aliphatic rings. The highest BCUT2D eigenvalue weighted by Gasteiger charge is 2.27. The predicted molar refractivity (Wildman–Crippen MR) is 142 cm³/mol. The molecule has 0 saturated heterocycles. The van der Waals surface area contributed by atoms with Crippen molar-refractivity contribution < 1.29 is 17.7 Å². The van der Waals surface area contributed by atoms with Gasteiger partial charge in [-0.2, -0.15) is 5.10 Å². The normalized spacial score (nSPS) is 13.2. The number of ether oxygens (including phenoxy) is 1. The second kappa shape index (κ2) is 9.66. The molecule has 0 fully saturated rings. The SMILES string of the molecule is Cc1cc(S(=O)(=O)Nc2noc3cc(Cn4cc(CN)cn4)c4c(c23)OCCC4)c2ncccc2c1.Cl. The van der Waals surface area contributed by atoms with E-state index >= 15 is 0 Å². The minimum absolute atomic E-state index is 0. The molecule has 0 aliphatic carbocycles. The van der Waals surface area contributed by atoms with Gasteiger partial charge >= 0.3 is 0 Å². The van der Waals surface area contributed by atoms with Crippen LogP contribution in [0.15, 0.2) is 58.3 Å². The largest absolute Gasteiger partial charge is 0.492 e. The third kappa shape index (κ3) is 4.50. The van der Waals surface area contributed by atoms with Gasteiger partial charge in [-0.15, -0.1) is 12.4 Å². The number of sulfonamides is 1. The minimum Gasteiger partial charge on any atom is -0.492 e. The van der Waals surface area contributed by atoms with Crippen molar-refractivity contribution in [2.24, 2.45) is 5.73 Å². The molecular weight excluding hydrogens is 516 g/mol. The maximum Gasteiger partial charge on any atom is 0.265 e. The summed E-state index contributed by atoms with van der Waals surface area (Å²) in [6.07, 6.45) is 6.86. The first-order valence-electron chi connectivity index (χ1n) is 11.6. The molecule has 0 bridgehead atoms. The van der Waals surface area contributed by atoms with Gasteiger partial charge in [-0.25, -0.2) is 8.42 Å². The zero-order valence-electron chi connectivity index (χ0n) is 20.0. The molecule has 192 valence electrons. The average molecular weight is 541 g/mol. The topological polar surface area (TPSA) is 138 Å². The molecule has 10 nitrogen and oxygen atoms in total. The van der Waals surface area contributed by atoms with Gasteiger partial charge in [-0.3, -0.25) is 14.4 Å². The Morgan fingerprint density at radius 1 is 1.24 bits per heavy atom. The summed E-state index contributed by atoms with van der Waals surface area (Å²) in [6, 6.07) is 8.99. The lowest BCUT2D eigenvalue weighted by atomic mass is 9.97. The molecule has 4 heterocycles. The third-order valence-corrected chi connectivity index (χ3v) is 7.67. The first kappa shape index (κ1) is 25.0. The van der Waals surface area contributed by atoms with Crippen molar-refractivity contribution in [1.29, 1.82) is 0 Å². The summed E-state index contributed by atoms with van der Waals surface area (Å²) in [4.78, 5) is 4.38. The van der Waals surface area contributed by atoms with E-state index in [0.29, 0.717) is 41.9 Å². The maximum absolute atomic E-state index is 13.5. The summed E-state index contributed by atoms with van der Waals surface area (Å²) in [5, 5.41) is 9.71. The van der Waals surface area contributed by atoms with Crippen molar-refractivity contribution in [3.8, 4) is 5.75 Å². The molecule has 0 saturated carbocycles. The summed E-state index contributed by atoms with van der Waals surface area (Å²) in [7, 11) is -4.03. The average Bonchev–Trinajstić information content (AvgIpc) is 3.50. The highest BCUT2D eigenvalue weighted by Crippen LogP contribution is 2.41. The van der Waals surface area contributed by atoms with E-state index < -0.39 is 10.0 Å². The van der Waals surface area contributed by atoms with Gasteiger partial charge in [0, 0.05) is 35.5 Å². The van der Waals surface area contributed by atoms with Crippen molar-refractivity contribution >= 4 is 50.1 Å². The zero-order valence-corrected chi connectivity index (χ0v) is 21.6. The Labute approximate surface area is 219 Å². The molecule has 0 spiro atoms. The smallest absolute Gasteiger partial charge is 0.265 e. The first-order chi connectivity index (χ1) is 17.4. The maximum atomic E-state index is 13.5. The summed E-state index contributed by atoms with van der Waals surface area (Å²) in [5.74, 6) is 0.677. The van der Waals surface area contributed by atoms with Gasteiger partial charge in [0.1, 0.15) is 16.0 Å². The first-order valence-corrected chi connectivity index (χ1v) is 13.1. The molecular formula is C25H25ClN6O4S. The Balaban J connectivity index is 0.00000280. The van der Waals surface area contributed by atoms with Gasteiger partial charge in [0.25, 0.3) is 10.0 Å². The number of rotatable bonds is 6. The number of anilines is 1. The fraction of sp³-hybridized carbons (Fsp3) is 0.240. The Bertz CT molecular complexity index is 1730. The number of nitrogens with zero attached hydrogens (tertiary/aromatic N) is 4. The summed E-state index contributed by atoms with van der Waals surface area (Å²) in [5.41, 5.74) is 10.3. The number of fused-ring (bicyclic) bond motifs is 4. The van der Waals surface area contributed by atoms with Gasteiger partial charge in [0.15, 0.2) is 11.4 Å². The molecule has 5 aromatic rings. The molecule has 0 unspecified atom stereocenters. The summed E-state index contributed by atoms with van der Waals surface area (Å²) >= 11 is 0. The van der Waals surface area contributed by atoms with Crippen molar-refractivity contribution in [3.63, 3.8) is 0 Å². The van der Waals surface area contributed by atoms with Gasteiger partial charge in [0.05, 0.1) is 24.9 Å². The Morgan fingerprint density at radius 3 is 2.92 bits per heavy atom. The third-order valence-electron chi connectivity index (χ3n) is 6.32. The van der Waals surface area contributed by atoms with Crippen LogP contribution in [0.3, 0.4) is 0 Å². The van der Waals surface area contributed by atoms with Crippen molar-refractivity contribution in [3.05, 3.63) is 71.2 Å². The molecule has 37 heavy (non-hydrogen) atoms. The fourth-order valence-corrected chi connectivity index (χ4v) is 5.96. The van der Waals surface area contributed by atoms with Gasteiger partial charge in [0.2, 0.25) is 0 Å². The van der Waals surface area contributed by atoms with Crippen LogP contribution in [0.25, 0.3) is 21.9 Å². The standard InChI is InChI=1S/C25H24N6O4S.ClH/c1-15-8-17-4-2-6-27-23(17)21(9-15)36(32,33)30-25-22-20(35-29-25)10-18(19-5-3-7-34-24(19)22)14-31-13-16(11-26)12-28-31;/h2,4,6,8-10,12-13H,3,5,7,11,14,26H2,1H3,(H,29,30);1H. The molecule has 1 aliphatic heterocycles. The summed E-state index contributed by atoms with van der Waals surface area (Å²) < 4.78 is 43.1. The molecule has 2 aromatic carbocycles. The number of pyridine rings is 1. The lowest BCUT2D eigenvalue weighted by Gasteiger charge is -2.21. The van der Waals surface area contributed by atoms with Crippen molar-refractivity contribution in [2.75, 3.05) is 11.3 Å². The minimum atomic E-state index is -4.03. The van der Waals surface area contributed by atoms with Crippen LogP contribution in [0.4, 0.5) is 5.82 Å². The highest BCUT2D eigenvalue weighted by molar-refractivity contribution is 7.93. The predicted octanol–water partition coefficient (Wildman–Crippen LogP) is 3.94. The molecule has 6 rings (SSSR count). The second-order valence-electron chi connectivity index (χ2n) is 8.89. The van der Waals surface area contributed by atoms with Crippen LogP contribution >= 0.6 is 12.4 Å². The number of halogens is 1. The van der Waals surface area contributed by atoms with Crippen LogP contribution < -0.4 is 15.2 Å². The van der Waals surface area contributed by atoms with E-state index in [4.69, 9.17) is 15.0 Å². The van der Waals surface area contributed by atoms with Crippen LogP contribution in [0, 0.1) is 6.92 Å². The van der Waals surface area contributed by atoms with Gasteiger partial charge < -0.3 is 15.0 Å². The molecule has 3 N–H and O–H groups in total. The van der Waals surface area contributed by atoms with E-state index in [1.165, 1.54) is 0 Å². The van der Waals surface area contributed by atoms with Crippen LogP contribution in [0.5, 0.6) is 5.75 Å². The number of benzene rings is 2. The van der Waals surface area contributed by atoms with Gasteiger partial charge in [-0.05, 0) is 55.2 Å².